The second kappa shape index (κ2) is 7.08. The first-order chi connectivity index (χ1) is 12.1. The number of hydrogen-bond acceptors (Lipinski definition) is 7. The van der Waals surface area contributed by atoms with Crippen molar-refractivity contribution >= 4 is 11.9 Å². The van der Waals surface area contributed by atoms with Crippen molar-refractivity contribution in [3.05, 3.63) is 47.8 Å². The van der Waals surface area contributed by atoms with Crippen LogP contribution < -0.4 is 10.5 Å². The van der Waals surface area contributed by atoms with E-state index in [1.807, 2.05) is 24.3 Å². The van der Waals surface area contributed by atoms with Crippen LogP contribution in [0.3, 0.4) is 0 Å². The summed E-state index contributed by atoms with van der Waals surface area (Å²) in [7, 11) is 1.62. The summed E-state index contributed by atoms with van der Waals surface area (Å²) >= 11 is 0. The topological polar surface area (TPSA) is 105 Å². The number of carbonyl (C=O) groups is 1. The normalized spacial score (nSPS) is 10.6. The van der Waals surface area contributed by atoms with Crippen LogP contribution in [0.25, 0.3) is 11.5 Å². The molecule has 0 radical (unpaired) electrons. The number of nitrogens with zero attached hydrogens (tertiary/aromatic N) is 3. The molecule has 130 valence electrons. The number of rotatable bonds is 6. The number of hydrogen-bond donors (Lipinski definition) is 1. The molecule has 2 N–H and O–H groups in total. The molecule has 0 aliphatic heterocycles. The van der Waals surface area contributed by atoms with Crippen molar-refractivity contribution in [2.75, 3.05) is 19.5 Å². The summed E-state index contributed by atoms with van der Waals surface area (Å²) in [5, 5.41) is 3.70. The average Bonchev–Trinajstić information content (AvgIpc) is 3.23. The Labute approximate surface area is 144 Å². The van der Waals surface area contributed by atoms with Gasteiger partial charge in [0.05, 0.1) is 20.3 Å². The summed E-state index contributed by atoms with van der Waals surface area (Å²) in [5.74, 6) is 0.879. The highest BCUT2D eigenvalue weighted by molar-refractivity contribution is 5.88. The molecule has 0 saturated heterocycles. The Morgan fingerprint density at radius 1 is 1.36 bits per heavy atom. The van der Waals surface area contributed by atoms with Crippen molar-refractivity contribution in [2.45, 2.75) is 13.5 Å². The van der Waals surface area contributed by atoms with Gasteiger partial charge in [-0.2, -0.15) is 0 Å². The van der Waals surface area contributed by atoms with E-state index in [9.17, 15) is 4.79 Å². The van der Waals surface area contributed by atoms with Gasteiger partial charge in [0.1, 0.15) is 11.4 Å². The van der Waals surface area contributed by atoms with E-state index in [2.05, 4.69) is 10.1 Å². The molecule has 0 aliphatic carbocycles. The van der Waals surface area contributed by atoms with E-state index in [0.29, 0.717) is 23.9 Å². The van der Waals surface area contributed by atoms with Gasteiger partial charge >= 0.3 is 5.97 Å². The summed E-state index contributed by atoms with van der Waals surface area (Å²) in [6.07, 6.45) is 1.73. The maximum atomic E-state index is 11.7. The molecule has 2 heterocycles. The molecule has 25 heavy (non-hydrogen) atoms. The lowest BCUT2D eigenvalue weighted by molar-refractivity contribution is 0.0514. The minimum absolute atomic E-state index is 0.0923. The van der Waals surface area contributed by atoms with Crippen LogP contribution in [0.15, 0.2) is 41.1 Å². The number of anilines is 1. The molecule has 8 nitrogen and oxygen atoms in total. The molecular formula is C17H18N4O4. The summed E-state index contributed by atoms with van der Waals surface area (Å²) in [6.45, 7) is 2.47. The second-order valence-electron chi connectivity index (χ2n) is 5.22. The van der Waals surface area contributed by atoms with E-state index in [1.165, 1.54) is 6.07 Å². The van der Waals surface area contributed by atoms with Crippen molar-refractivity contribution < 1.29 is 18.8 Å². The molecular weight excluding hydrogens is 324 g/mol. The lowest BCUT2D eigenvalue weighted by Gasteiger charge is -2.09. The van der Waals surface area contributed by atoms with E-state index in [1.54, 1.807) is 24.8 Å². The minimum Gasteiger partial charge on any atom is -0.496 e. The number of aromatic nitrogens is 3. The van der Waals surface area contributed by atoms with Crippen LogP contribution in [0, 0.1) is 0 Å². The van der Waals surface area contributed by atoms with Gasteiger partial charge in [-0.15, -0.1) is 0 Å². The molecule has 3 rings (SSSR count). The number of nitrogens with two attached hydrogens (primary N) is 1. The SMILES string of the molecule is CCOC(=O)c1cc(-c2cn(Cc3ccccc3OC)c(N)n2)on1. The van der Waals surface area contributed by atoms with Gasteiger partial charge in [0.15, 0.2) is 11.5 Å². The number of para-hydroxylation sites is 1. The number of imidazole rings is 1. The number of carbonyl (C=O) groups excluding carboxylic acids is 1. The monoisotopic (exact) mass is 342 g/mol. The minimum atomic E-state index is -0.543. The number of methoxy groups -OCH3 is 1. The van der Waals surface area contributed by atoms with Gasteiger partial charge in [-0.05, 0) is 13.0 Å². The number of nitrogen functional groups attached to an aromatic ring is 1. The highest BCUT2D eigenvalue weighted by atomic mass is 16.5. The smallest absolute Gasteiger partial charge is 0.360 e. The predicted octanol–water partition coefficient (Wildman–Crippen LogP) is 2.35. The van der Waals surface area contributed by atoms with Crippen LogP contribution in [0.2, 0.25) is 0 Å². The number of benzene rings is 1. The van der Waals surface area contributed by atoms with E-state index < -0.39 is 5.97 Å². The molecule has 0 unspecified atom stereocenters. The third kappa shape index (κ3) is 3.47. The third-order valence-corrected chi connectivity index (χ3v) is 3.59. The zero-order valence-corrected chi connectivity index (χ0v) is 13.9. The van der Waals surface area contributed by atoms with Crippen LogP contribution in [0.1, 0.15) is 23.0 Å². The maximum absolute atomic E-state index is 11.7. The molecule has 0 amide bonds. The largest absolute Gasteiger partial charge is 0.496 e. The zero-order valence-electron chi connectivity index (χ0n) is 13.9. The fourth-order valence-electron chi connectivity index (χ4n) is 2.39. The predicted molar refractivity (Wildman–Crippen MR) is 90.2 cm³/mol. The summed E-state index contributed by atoms with van der Waals surface area (Å²) in [5.41, 5.74) is 7.53. The van der Waals surface area contributed by atoms with Gasteiger partial charge < -0.3 is 24.3 Å². The number of esters is 1. The van der Waals surface area contributed by atoms with E-state index in [-0.39, 0.29) is 12.3 Å². The Morgan fingerprint density at radius 2 is 2.16 bits per heavy atom. The first-order valence-corrected chi connectivity index (χ1v) is 7.71. The molecule has 3 aromatic rings. The Bertz CT molecular complexity index is 884. The van der Waals surface area contributed by atoms with Crippen molar-refractivity contribution in [1.82, 2.24) is 14.7 Å². The lowest BCUT2D eigenvalue weighted by Crippen LogP contribution is -2.04. The summed E-state index contributed by atoms with van der Waals surface area (Å²) in [4.78, 5) is 15.9. The van der Waals surface area contributed by atoms with Gasteiger partial charge in [0.2, 0.25) is 5.95 Å². The molecule has 0 fully saturated rings. The fourth-order valence-corrected chi connectivity index (χ4v) is 2.39. The molecule has 2 aromatic heterocycles. The van der Waals surface area contributed by atoms with E-state index in [0.717, 1.165) is 11.3 Å². The Kier molecular flexibility index (Phi) is 4.69. The quantitative estimate of drug-likeness (QED) is 0.685. The van der Waals surface area contributed by atoms with Crippen LogP contribution in [0.5, 0.6) is 5.75 Å². The molecule has 0 atom stereocenters. The van der Waals surface area contributed by atoms with Crippen molar-refractivity contribution in [2.24, 2.45) is 0 Å². The van der Waals surface area contributed by atoms with Crippen molar-refractivity contribution in [3.63, 3.8) is 0 Å². The van der Waals surface area contributed by atoms with E-state index >= 15 is 0 Å². The fraction of sp³-hybridized carbons (Fsp3) is 0.235. The van der Waals surface area contributed by atoms with E-state index in [4.69, 9.17) is 19.7 Å². The highest BCUT2D eigenvalue weighted by Gasteiger charge is 2.17. The second-order valence-corrected chi connectivity index (χ2v) is 5.22. The first kappa shape index (κ1) is 16.6. The van der Waals surface area contributed by atoms with Gasteiger partial charge in [-0.3, -0.25) is 0 Å². The Balaban J connectivity index is 1.84. The van der Waals surface area contributed by atoms with Crippen molar-refractivity contribution in [1.29, 1.82) is 0 Å². The summed E-state index contributed by atoms with van der Waals surface area (Å²) in [6, 6.07) is 9.13. The highest BCUT2D eigenvalue weighted by Crippen LogP contribution is 2.24. The van der Waals surface area contributed by atoms with Crippen LogP contribution in [-0.4, -0.2) is 34.4 Å². The molecule has 0 bridgehead atoms. The third-order valence-electron chi connectivity index (χ3n) is 3.59. The average molecular weight is 342 g/mol. The Morgan fingerprint density at radius 3 is 2.92 bits per heavy atom. The standard InChI is InChI=1S/C17H18N4O4/c1-3-24-16(22)12-8-15(25-20-12)13-10-21(17(18)19-13)9-11-6-4-5-7-14(11)23-2/h4-8,10H,3,9H2,1-2H3,(H2,18,19). The maximum Gasteiger partial charge on any atom is 0.360 e. The van der Waals surface area contributed by atoms with Crippen LogP contribution in [-0.2, 0) is 11.3 Å². The number of ether oxygens (including phenoxy) is 2. The van der Waals surface area contributed by atoms with Crippen LogP contribution >= 0.6 is 0 Å². The molecule has 8 heteroatoms. The molecule has 0 spiro atoms. The van der Waals surface area contributed by atoms with Gasteiger partial charge in [0.25, 0.3) is 0 Å². The van der Waals surface area contributed by atoms with Gasteiger partial charge in [-0.25, -0.2) is 9.78 Å². The lowest BCUT2D eigenvalue weighted by atomic mass is 10.2. The van der Waals surface area contributed by atoms with Crippen molar-refractivity contribution in [3.8, 4) is 17.2 Å². The zero-order chi connectivity index (χ0) is 17.8. The first-order valence-electron chi connectivity index (χ1n) is 7.71. The molecule has 0 aliphatic rings. The molecule has 1 aromatic carbocycles. The summed E-state index contributed by atoms with van der Waals surface area (Å²) < 4.78 is 17.2. The Hall–Kier alpha value is -3.29. The molecule has 0 saturated carbocycles. The van der Waals surface area contributed by atoms with Crippen LogP contribution in [0.4, 0.5) is 5.95 Å². The van der Waals surface area contributed by atoms with Gasteiger partial charge in [-0.1, -0.05) is 23.4 Å². The van der Waals surface area contributed by atoms with Gasteiger partial charge in [0, 0.05) is 17.8 Å².